The van der Waals surface area contributed by atoms with Crippen LogP contribution in [-0.2, 0) is 9.47 Å². The van der Waals surface area contributed by atoms with Crippen molar-refractivity contribution in [1.82, 2.24) is 0 Å². The van der Waals surface area contributed by atoms with Gasteiger partial charge in [-0.2, -0.15) is 0 Å². The van der Waals surface area contributed by atoms with Crippen LogP contribution in [0.25, 0.3) is 0 Å². The average Bonchev–Trinajstić information content (AvgIpc) is 2.15. The summed E-state index contributed by atoms with van der Waals surface area (Å²) >= 11 is 0. The predicted octanol–water partition coefficient (Wildman–Crippen LogP) is 0.0566. The van der Waals surface area contributed by atoms with Crippen molar-refractivity contribution in [3.63, 3.8) is 0 Å². The van der Waals surface area contributed by atoms with E-state index in [-0.39, 0.29) is 5.76 Å². The number of rotatable bonds is 2. The second-order valence-electron chi connectivity index (χ2n) is 2.98. The first-order valence-electron chi connectivity index (χ1n) is 4.20. The van der Waals surface area contributed by atoms with E-state index in [1.807, 2.05) is 0 Å². The molecule has 0 aromatic carbocycles. The molecule has 3 N–H and O–H groups in total. The van der Waals surface area contributed by atoms with Gasteiger partial charge in [0.15, 0.2) is 5.76 Å². The molecule has 1 heterocycles. The highest BCUT2D eigenvalue weighted by Crippen LogP contribution is 2.25. The van der Waals surface area contributed by atoms with Gasteiger partial charge < -0.3 is 24.8 Å². The van der Waals surface area contributed by atoms with E-state index in [0.717, 1.165) is 6.26 Å². The molecule has 0 amide bonds. The first-order valence-corrected chi connectivity index (χ1v) is 4.20. The Balaban J connectivity index is 2.90. The molecule has 5 nitrogen and oxygen atoms in total. The SMILES string of the molecule is COC1=C(C)OC(/C=C\O)C(O)C1O. The molecular weight excluding hydrogens is 188 g/mol. The first kappa shape index (κ1) is 10.9. The first-order chi connectivity index (χ1) is 6.61. The molecular formula is C9H14O5. The highest BCUT2D eigenvalue weighted by Gasteiger charge is 2.36. The summed E-state index contributed by atoms with van der Waals surface area (Å²) in [5, 5.41) is 27.6. The summed E-state index contributed by atoms with van der Waals surface area (Å²) in [6.45, 7) is 1.62. The van der Waals surface area contributed by atoms with Crippen molar-refractivity contribution in [3.05, 3.63) is 23.9 Å². The lowest BCUT2D eigenvalue weighted by molar-refractivity contribution is -0.0831. The van der Waals surface area contributed by atoms with Gasteiger partial charge in [0.1, 0.15) is 24.1 Å². The van der Waals surface area contributed by atoms with Gasteiger partial charge in [-0.1, -0.05) is 0 Å². The fourth-order valence-electron chi connectivity index (χ4n) is 1.38. The molecule has 3 atom stereocenters. The van der Waals surface area contributed by atoms with Gasteiger partial charge in [-0.3, -0.25) is 0 Å². The highest BCUT2D eigenvalue weighted by molar-refractivity contribution is 5.15. The molecule has 0 saturated carbocycles. The van der Waals surface area contributed by atoms with Gasteiger partial charge in [-0.05, 0) is 13.0 Å². The molecule has 1 aliphatic heterocycles. The van der Waals surface area contributed by atoms with Crippen molar-refractivity contribution in [2.75, 3.05) is 7.11 Å². The summed E-state index contributed by atoms with van der Waals surface area (Å²) in [7, 11) is 1.39. The van der Waals surface area contributed by atoms with Crippen LogP contribution in [0.2, 0.25) is 0 Å². The zero-order valence-corrected chi connectivity index (χ0v) is 8.04. The molecule has 0 aliphatic carbocycles. The van der Waals surface area contributed by atoms with E-state index in [1.165, 1.54) is 13.2 Å². The Labute approximate surface area is 81.9 Å². The molecule has 0 spiro atoms. The third kappa shape index (κ3) is 1.83. The Morgan fingerprint density at radius 3 is 2.57 bits per heavy atom. The number of ether oxygens (including phenoxy) is 2. The van der Waals surface area contributed by atoms with Crippen molar-refractivity contribution in [2.24, 2.45) is 0 Å². The maximum Gasteiger partial charge on any atom is 0.164 e. The van der Waals surface area contributed by atoms with Crippen molar-refractivity contribution >= 4 is 0 Å². The molecule has 5 heteroatoms. The Morgan fingerprint density at radius 1 is 1.43 bits per heavy atom. The lowest BCUT2D eigenvalue weighted by Gasteiger charge is -2.32. The molecule has 0 fully saturated rings. The van der Waals surface area contributed by atoms with Gasteiger partial charge in [-0.15, -0.1) is 0 Å². The van der Waals surface area contributed by atoms with Crippen molar-refractivity contribution in [1.29, 1.82) is 0 Å². The maximum atomic E-state index is 9.58. The highest BCUT2D eigenvalue weighted by atomic mass is 16.5. The van der Waals surface area contributed by atoms with Gasteiger partial charge in [0.25, 0.3) is 0 Å². The molecule has 0 bridgehead atoms. The average molecular weight is 202 g/mol. The quantitative estimate of drug-likeness (QED) is 0.552. The van der Waals surface area contributed by atoms with E-state index in [2.05, 4.69) is 0 Å². The predicted molar refractivity (Wildman–Crippen MR) is 48.4 cm³/mol. The molecule has 0 aromatic rings. The Hall–Kier alpha value is -1.20. The molecule has 14 heavy (non-hydrogen) atoms. The molecule has 3 unspecified atom stereocenters. The van der Waals surface area contributed by atoms with E-state index in [0.29, 0.717) is 5.76 Å². The lowest BCUT2D eigenvalue weighted by atomic mass is 10.0. The van der Waals surface area contributed by atoms with Crippen LogP contribution in [-0.4, -0.2) is 40.7 Å². The van der Waals surface area contributed by atoms with Gasteiger partial charge in [0, 0.05) is 0 Å². The number of aliphatic hydroxyl groups excluding tert-OH is 3. The fraction of sp³-hybridized carbons (Fsp3) is 0.556. The second-order valence-corrected chi connectivity index (χ2v) is 2.98. The summed E-state index contributed by atoms with van der Waals surface area (Å²) in [5.74, 6) is 0.605. The van der Waals surface area contributed by atoms with Crippen LogP contribution < -0.4 is 0 Å². The molecule has 0 saturated heterocycles. The van der Waals surface area contributed by atoms with Crippen LogP contribution in [0.1, 0.15) is 6.92 Å². The van der Waals surface area contributed by atoms with Crippen molar-refractivity contribution in [3.8, 4) is 0 Å². The van der Waals surface area contributed by atoms with Crippen LogP contribution in [0, 0.1) is 0 Å². The zero-order chi connectivity index (χ0) is 10.7. The van der Waals surface area contributed by atoms with E-state index < -0.39 is 18.3 Å². The monoisotopic (exact) mass is 202 g/mol. The summed E-state index contributed by atoms with van der Waals surface area (Å²) < 4.78 is 10.1. The van der Waals surface area contributed by atoms with E-state index in [4.69, 9.17) is 14.6 Å². The van der Waals surface area contributed by atoms with Gasteiger partial charge >= 0.3 is 0 Å². The summed E-state index contributed by atoms with van der Waals surface area (Å²) in [5.41, 5.74) is 0. The Bertz CT molecular complexity index is 256. The Morgan fingerprint density at radius 2 is 2.07 bits per heavy atom. The van der Waals surface area contributed by atoms with Crippen LogP contribution >= 0.6 is 0 Å². The van der Waals surface area contributed by atoms with Crippen LogP contribution in [0.15, 0.2) is 23.9 Å². The minimum Gasteiger partial charge on any atom is -0.516 e. The molecule has 0 radical (unpaired) electrons. The number of hydrogen-bond acceptors (Lipinski definition) is 5. The van der Waals surface area contributed by atoms with Crippen LogP contribution in [0.3, 0.4) is 0 Å². The van der Waals surface area contributed by atoms with Gasteiger partial charge in [-0.25, -0.2) is 0 Å². The fourth-order valence-corrected chi connectivity index (χ4v) is 1.38. The Kier molecular flexibility index (Phi) is 3.38. The van der Waals surface area contributed by atoms with Gasteiger partial charge in [0.05, 0.1) is 13.4 Å². The minimum atomic E-state index is -1.14. The van der Waals surface area contributed by atoms with Crippen molar-refractivity contribution in [2.45, 2.75) is 25.2 Å². The third-order valence-electron chi connectivity index (χ3n) is 2.08. The van der Waals surface area contributed by atoms with Crippen molar-refractivity contribution < 1.29 is 24.8 Å². The number of allylic oxidation sites excluding steroid dienone is 1. The zero-order valence-electron chi connectivity index (χ0n) is 8.04. The molecule has 80 valence electrons. The summed E-state index contributed by atoms with van der Waals surface area (Å²) in [6, 6.07) is 0. The standard InChI is InChI=1S/C9H14O5/c1-5-9(13-2)8(12)7(11)6(14-5)3-4-10/h3-4,6-8,10-12H,1-2H3/b4-3-. The maximum absolute atomic E-state index is 9.58. The number of methoxy groups -OCH3 is 1. The second kappa shape index (κ2) is 4.34. The molecule has 1 rings (SSSR count). The van der Waals surface area contributed by atoms with E-state index in [9.17, 15) is 10.2 Å². The number of hydrogen-bond donors (Lipinski definition) is 3. The number of aliphatic hydroxyl groups is 3. The summed E-state index contributed by atoms with van der Waals surface area (Å²) in [4.78, 5) is 0. The largest absolute Gasteiger partial charge is 0.516 e. The van der Waals surface area contributed by atoms with E-state index in [1.54, 1.807) is 6.92 Å². The van der Waals surface area contributed by atoms with Gasteiger partial charge in [0.2, 0.25) is 0 Å². The van der Waals surface area contributed by atoms with Crippen LogP contribution in [0.4, 0.5) is 0 Å². The lowest BCUT2D eigenvalue weighted by Crippen LogP contribution is -2.43. The normalized spacial score (nSPS) is 33.3. The topological polar surface area (TPSA) is 79.2 Å². The molecule has 1 aliphatic rings. The van der Waals surface area contributed by atoms with E-state index >= 15 is 0 Å². The van der Waals surface area contributed by atoms with Crippen LogP contribution in [0.5, 0.6) is 0 Å². The minimum absolute atomic E-state index is 0.208. The molecule has 0 aromatic heterocycles. The summed E-state index contributed by atoms with van der Waals surface area (Å²) in [6.07, 6.45) is -1.00. The third-order valence-corrected chi connectivity index (χ3v) is 2.08. The smallest absolute Gasteiger partial charge is 0.164 e.